The van der Waals surface area contributed by atoms with Crippen LogP contribution in [-0.4, -0.2) is 24.5 Å². The number of nitrogens with one attached hydrogen (secondary N) is 3. The third-order valence-corrected chi connectivity index (χ3v) is 5.95. The molecule has 5 heteroatoms. The van der Waals surface area contributed by atoms with Gasteiger partial charge in [0.2, 0.25) is 5.91 Å². The van der Waals surface area contributed by atoms with Crippen LogP contribution < -0.4 is 16.0 Å². The van der Waals surface area contributed by atoms with E-state index in [1.54, 1.807) is 0 Å². The molecule has 172 valence electrons. The van der Waals surface area contributed by atoms with Gasteiger partial charge >= 0.3 is 6.03 Å². The van der Waals surface area contributed by atoms with Crippen molar-refractivity contribution in [2.24, 2.45) is 5.92 Å². The monoisotopic (exact) mass is 443 g/mol. The number of hydrogen-bond donors (Lipinski definition) is 3. The van der Waals surface area contributed by atoms with Crippen LogP contribution in [0.1, 0.15) is 43.7 Å². The van der Waals surface area contributed by atoms with Gasteiger partial charge in [-0.1, -0.05) is 99.1 Å². The molecule has 3 aromatic rings. The normalized spacial score (nSPS) is 12.6. The summed E-state index contributed by atoms with van der Waals surface area (Å²) < 4.78 is 0. The number of carbonyl (C=O) groups is 2. The average Bonchev–Trinajstić information content (AvgIpc) is 2.86. The molecular formula is C28H33N3O2. The van der Waals surface area contributed by atoms with Crippen molar-refractivity contribution in [3.8, 4) is 0 Å². The Labute approximate surface area is 196 Å². The highest BCUT2D eigenvalue weighted by atomic mass is 16.2. The molecular weight excluding hydrogens is 410 g/mol. The number of hydrogen-bond acceptors (Lipinski definition) is 2. The average molecular weight is 444 g/mol. The number of para-hydroxylation sites is 1. The molecule has 0 fully saturated rings. The molecule has 0 bridgehead atoms. The molecule has 0 aliphatic heterocycles. The van der Waals surface area contributed by atoms with Crippen LogP contribution in [-0.2, 0) is 4.79 Å². The Morgan fingerprint density at radius 3 is 1.82 bits per heavy atom. The largest absolute Gasteiger partial charge is 0.354 e. The zero-order chi connectivity index (χ0) is 23.5. The number of anilines is 1. The van der Waals surface area contributed by atoms with Crippen molar-refractivity contribution in [3.63, 3.8) is 0 Å². The molecule has 0 aliphatic rings. The first-order chi connectivity index (χ1) is 16.1. The third kappa shape index (κ3) is 7.21. The van der Waals surface area contributed by atoms with E-state index < -0.39 is 6.04 Å². The van der Waals surface area contributed by atoms with Gasteiger partial charge in [0, 0.05) is 18.2 Å². The summed E-state index contributed by atoms with van der Waals surface area (Å²) in [4.78, 5) is 25.5. The van der Waals surface area contributed by atoms with E-state index in [9.17, 15) is 9.59 Å². The van der Waals surface area contributed by atoms with Gasteiger partial charge in [-0.15, -0.1) is 0 Å². The van der Waals surface area contributed by atoms with Crippen molar-refractivity contribution in [1.29, 1.82) is 0 Å². The lowest BCUT2D eigenvalue weighted by Crippen LogP contribution is -2.51. The number of amides is 3. The van der Waals surface area contributed by atoms with Crippen LogP contribution in [0.5, 0.6) is 0 Å². The molecule has 33 heavy (non-hydrogen) atoms. The summed E-state index contributed by atoms with van der Waals surface area (Å²) in [5.74, 6) is 0.0297. The molecule has 5 nitrogen and oxygen atoms in total. The number of benzene rings is 3. The van der Waals surface area contributed by atoms with Crippen LogP contribution in [0.3, 0.4) is 0 Å². The Balaban J connectivity index is 1.62. The van der Waals surface area contributed by atoms with E-state index in [4.69, 9.17) is 0 Å². The fourth-order valence-electron chi connectivity index (χ4n) is 3.88. The van der Waals surface area contributed by atoms with Crippen LogP contribution in [0.25, 0.3) is 0 Å². The van der Waals surface area contributed by atoms with Crippen LogP contribution >= 0.6 is 0 Å². The van der Waals surface area contributed by atoms with E-state index >= 15 is 0 Å². The maximum Gasteiger partial charge on any atom is 0.319 e. The number of carbonyl (C=O) groups excluding carboxylic acids is 2. The second-order valence-electron chi connectivity index (χ2n) is 8.28. The van der Waals surface area contributed by atoms with Crippen LogP contribution in [0.2, 0.25) is 0 Å². The summed E-state index contributed by atoms with van der Waals surface area (Å²) in [5.41, 5.74) is 3.13. The van der Waals surface area contributed by atoms with E-state index in [2.05, 4.69) is 40.2 Å². The fraction of sp³-hybridized carbons (Fsp3) is 0.286. The quantitative estimate of drug-likeness (QED) is 0.384. The van der Waals surface area contributed by atoms with Gasteiger partial charge in [-0.05, 0) is 35.6 Å². The Morgan fingerprint density at radius 2 is 1.30 bits per heavy atom. The van der Waals surface area contributed by atoms with Gasteiger partial charge in [0.15, 0.2) is 0 Å². The van der Waals surface area contributed by atoms with Crippen molar-refractivity contribution in [2.75, 3.05) is 11.9 Å². The van der Waals surface area contributed by atoms with Crippen molar-refractivity contribution in [2.45, 2.75) is 38.6 Å². The molecule has 0 aliphatic carbocycles. The lowest BCUT2D eigenvalue weighted by Gasteiger charge is -2.24. The van der Waals surface area contributed by atoms with Crippen LogP contribution in [0.4, 0.5) is 10.5 Å². The molecule has 0 radical (unpaired) electrons. The highest BCUT2D eigenvalue weighted by Crippen LogP contribution is 2.27. The predicted octanol–water partition coefficient (Wildman–Crippen LogP) is 5.56. The van der Waals surface area contributed by atoms with Crippen LogP contribution in [0.15, 0.2) is 91.0 Å². The summed E-state index contributed by atoms with van der Waals surface area (Å²) in [7, 11) is 0. The summed E-state index contributed by atoms with van der Waals surface area (Å²) in [6.07, 6.45) is 1.55. The molecule has 3 N–H and O–H groups in total. The molecule has 0 spiro atoms. The second-order valence-corrected chi connectivity index (χ2v) is 8.28. The van der Waals surface area contributed by atoms with Gasteiger partial charge < -0.3 is 16.0 Å². The molecule has 3 rings (SSSR count). The lowest BCUT2D eigenvalue weighted by molar-refractivity contribution is -0.124. The van der Waals surface area contributed by atoms with E-state index in [1.807, 2.05) is 80.6 Å². The van der Waals surface area contributed by atoms with Gasteiger partial charge in [0.25, 0.3) is 0 Å². The minimum atomic E-state index is -0.606. The molecule has 2 unspecified atom stereocenters. The van der Waals surface area contributed by atoms with Gasteiger partial charge in [0.1, 0.15) is 6.04 Å². The summed E-state index contributed by atoms with van der Waals surface area (Å²) >= 11 is 0. The first kappa shape index (κ1) is 24.1. The van der Waals surface area contributed by atoms with E-state index in [-0.39, 0.29) is 23.8 Å². The Bertz CT molecular complexity index is 954. The minimum absolute atomic E-state index is 0.00515. The summed E-state index contributed by atoms with van der Waals surface area (Å²) in [6, 6.07) is 28.9. The van der Waals surface area contributed by atoms with Gasteiger partial charge in [-0.3, -0.25) is 4.79 Å². The van der Waals surface area contributed by atoms with E-state index in [0.29, 0.717) is 12.2 Å². The highest BCUT2D eigenvalue weighted by Gasteiger charge is 2.26. The topological polar surface area (TPSA) is 70.2 Å². The third-order valence-electron chi connectivity index (χ3n) is 5.95. The van der Waals surface area contributed by atoms with Gasteiger partial charge in [0.05, 0.1) is 0 Å². The summed E-state index contributed by atoms with van der Waals surface area (Å²) in [5, 5.41) is 8.70. The molecule has 0 heterocycles. The first-order valence-electron chi connectivity index (χ1n) is 11.6. The van der Waals surface area contributed by atoms with Crippen molar-refractivity contribution in [3.05, 3.63) is 102 Å². The molecule has 3 aromatic carbocycles. The molecule has 0 saturated carbocycles. The highest BCUT2D eigenvalue weighted by molar-refractivity contribution is 5.93. The SMILES string of the molecule is CCC(C)C(NC(=O)Nc1ccccc1)C(=O)NCCC(c1ccccc1)c1ccccc1. The van der Waals surface area contributed by atoms with Crippen molar-refractivity contribution in [1.82, 2.24) is 10.6 Å². The Hall–Kier alpha value is -3.60. The number of urea groups is 1. The smallest absolute Gasteiger partial charge is 0.319 e. The fourth-order valence-corrected chi connectivity index (χ4v) is 3.88. The van der Waals surface area contributed by atoms with Gasteiger partial charge in [-0.25, -0.2) is 4.79 Å². The maximum absolute atomic E-state index is 13.0. The van der Waals surface area contributed by atoms with Crippen molar-refractivity contribution < 1.29 is 9.59 Å². The predicted molar refractivity (Wildman–Crippen MR) is 134 cm³/mol. The molecule has 3 amide bonds. The number of rotatable bonds is 10. The van der Waals surface area contributed by atoms with E-state index in [1.165, 1.54) is 11.1 Å². The second kappa shape index (κ2) is 12.4. The molecule has 0 aromatic heterocycles. The minimum Gasteiger partial charge on any atom is -0.354 e. The molecule has 0 saturated heterocycles. The Kier molecular flexibility index (Phi) is 9.07. The molecule has 2 atom stereocenters. The maximum atomic E-state index is 13.0. The zero-order valence-electron chi connectivity index (χ0n) is 19.3. The van der Waals surface area contributed by atoms with E-state index in [0.717, 1.165) is 12.8 Å². The van der Waals surface area contributed by atoms with Gasteiger partial charge in [-0.2, -0.15) is 0 Å². The van der Waals surface area contributed by atoms with Crippen molar-refractivity contribution >= 4 is 17.6 Å². The Morgan fingerprint density at radius 1 is 0.788 bits per heavy atom. The first-order valence-corrected chi connectivity index (χ1v) is 11.6. The lowest BCUT2D eigenvalue weighted by atomic mass is 9.88. The zero-order valence-corrected chi connectivity index (χ0v) is 19.3. The summed E-state index contributed by atoms with van der Waals surface area (Å²) in [6.45, 7) is 4.51. The standard InChI is InChI=1S/C28H33N3O2/c1-3-21(2)26(31-28(33)30-24-17-11-6-12-18-24)27(32)29-20-19-25(22-13-7-4-8-14-22)23-15-9-5-10-16-23/h4-18,21,25-26H,3,19-20H2,1-2H3,(H,29,32)(H2,30,31,33). The van der Waals surface area contributed by atoms with Crippen LogP contribution in [0, 0.1) is 5.92 Å².